The van der Waals surface area contributed by atoms with Crippen molar-refractivity contribution in [3.8, 4) is 17.0 Å². The van der Waals surface area contributed by atoms with E-state index in [0.717, 1.165) is 13.1 Å². The number of halogens is 1. The van der Waals surface area contributed by atoms with Gasteiger partial charge in [-0.05, 0) is 24.3 Å². The van der Waals surface area contributed by atoms with Gasteiger partial charge in [0.1, 0.15) is 17.7 Å². The molecule has 1 saturated heterocycles. The largest absolute Gasteiger partial charge is 1.00 e. The molecule has 1 N–H and O–H groups in total. The predicted molar refractivity (Wildman–Crippen MR) is 106 cm³/mol. The predicted octanol–water partition coefficient (Wildman–Crippen LogP) is 0.472. The summed E-state index contributed by atoms with van der Waals surface area (Å²) in [7, 11) is 0. The number of pyridine rings is 1. The van der Waals surface area contributed by atoms with E-state index >= 15 is 0 Å². The number of nitrogens with zero attached hydrogens (tertiary/aromatic N) is 4. The molecule has 1 aliphatic rings. The number of carbonyl (C=O) groups is 1. The Bertz CT molecular complexity index is 1060. The van der Waals surface area contributed by atoms with Crippen molar-refractivity contribution in [2.45, 2.75) is 32.4 Å². The van der Waals surface area contributed by atoms with E-state index in [4.69, 9.17) is 14.4 Å². The van der Waals surface area contributed by atoms with Gasteiger partial charge in [-0.2, -0.15) is 4.98 Å². The normalized spacial score (nSPS) is 14.2. The summed E-state index contributed by atoms with van der Waals surface area (Å²) >= 11 is 0. The van der Waals surface area contributed by atoms with Gasteiger partial charge in [-0.25, -0.2) is 9.18 Å². The standard InChI is InChI=1S/C21H21FN4O4.Na.H/c1-12(2)20-24-19(30-25-20)11-26-9-15(10-26)29-14-4-6-18(23-8-14)13-3-5-16(21(27)28)17(22)7-13;;/h3-8,12,15H,9-11H2,1-2H3,(H,27,28);;/q;+1;-1. The van der Waals surface area contributed by atoms with Crippen LogP contribution >= 0.6 is 0 Å². The SMILES string of the molecule is CC(C)c1noc(CN2CC(Oc3ccc(-c4ccc(C(=O)O)c(F)c4)nc3)C2)n1.[H-].[Na+]. The van der Waals surface area contributed by atoms with E-state index in [2.05, 4.69) is 20.0 Å². The number of hydrogen-bond acceptors (Lipinski definition) is 7. The summed E-state index contributed by atoms with van der Waals surface area (Å²) in [4.78, 5) is 21.7. The van der Waals surface area contributed by atoms with Crippen molar-refractivity contribution in [2.24, 2.45) is 0 Å². The summed E-state index contributed by atoms with van der Waals surface area (Å²) in [5.41, 5.74) is 0.666. The van der Waals surface area contributed by atoms with E-state index < -0.39 is 11.8 Å². The van der Waals surface area contributed by atoms with Gasteiger partial charge in [0.2, 0.25) is 5.89 Å². The Kier molecular flexibility index (Phi) is 7.42. The molecule has 0 unspecified atom stereocenters. The Morgan fingerprint density at radius 1 is 1.35 bits per heavy atom. The van der Waals surface area contributed by atoms with Gasteiger partial charge in [-0.3, -0.25) is 9.88 Å². The summed E-state index contributed by atoms with van der Waals surface area (Å²) in [5.74, 6) is 0.0671. The van der Waals surface area contributed by atoms with Crippen LogP contribution in [0.25, 0.3) is 11.3 Å². The molecule has 3 heterocycles. The number of aromatic carboxylic acids is 1. The topological polar surface area (TPSA) is 102 Å². The zero-order valence-corrected chi connectivity index (χ0v) is 19.6. The molecule has 10 heteroatoms. The summed E-state index contributed by atoms with van der Waals surface area (Å²) < 4.78 is 25.0. The number of likely N-dealkylation sites (tertiary alicyclic amines) is 1. The van der Waals surface area contributed by atoms with Crippen molar-refractivity contribution in [3.05, 3.63) is 59.6 Å². The second-order valence-corrected chi connectivity index (χ2v) is 7.51. The molecule has 4 rings (SSSR count). The van der Waals surface area contributed by atoms with Crippen molar-refractivity contribution in [2.75, 3.05) is 13.1 Å². The maximum absolute atomic E-state index is 13.9. The number of carboxylic acids is 1. The molecule has 1 aliphatic heterocycles. The maximum Gasteiger partial charge on any atom is 1.00 e. The van der Waals surface area contributed by atoms with E-state index in [0.29, 0.717) is 35.3 Å². The molecule has 8 nitrogen and oxygen atoms in total. The minimum atomic E-state index is -1.30. The van der Waals surface area contributed by atoms with Crippen LogP contribution < -0.4 is 34.3 Å². The van der Waals surface area contributed by atoms with Crippen molar-refractivity contribution in [1.29, 1.82) is 0 Å². The average molecular weight is 436 g/mol. The molecule has 158 valence electrons. The number of benzene rings is 1. The molecule has 2 aromatic heterocycles. The average Bonchev–Trinajstić information content (AvgIpc) is 3.15. The van der Waals surface area contributed by atoms with Crippen LogP contribution in [0, 0.1) is 5.82 Å². The van der Waals surface area contributed by atoms with Crippen LogP contribution in [0.3, 0.4) is 0 Å². The van der Waals surface area contributed by atoms with Gasteiger partial charge in [0, 0.05) is 24.6 Å². The molecule has 0 saturated carbocycles. The van der Waals surface area contributed by atoms with Gasteiger partial charge in [0.15, 0.2) is 5.82 Å². The first kappa shape index (κ1) is 23.3. The molecule has 0 amide bonds. The Balaban J connectivity index is 0.00000181. The van der Waals surface area contributed by atoms with Crippen molar-refractivity contribution < 1.29 is 54.5 Å². The first-order valence-electron chi connectivity index (χ1n) is 9.60. The van der Waals surface area contributed by atoms with Crippen LogP contribution in [0.15, 0.2) is 41.1 Å². The second-order valence-electron chi connectivity index (χ2n) is 7.51. The van der Waals surface area contributed by atoms with Crippen LogP contribution in [-0.4, -0.2) is 50.3 Å². The van der Waals surface area contributed by atoms with E-state index in [1.807, 2.05) is 13.8 Å². The fraction of sp³-hybridized carbons (Fsp3) is 0.333. The molecule has 3 aromatic rings. The summed E-state index contributed by atoms with van der Waals surface area (Å²) in [6.07, 6.45) is 1.62. The Labute approximate surface area is 202 Å². The zero-order valence-electron chi connectivity index (χ0n) is 18.6. The molecule has 0 atom stereocenters. The van der Waals surface area contributed by atoms with E-state index in [9.17, 15) is 9.18 Å². The van der Waals surface area contributed by atoms with Crippen LogP contribution in [0.1, 0.15) is 43.3 Å². The van der Waals surface area contributed by atoms with Crippen LogP contribution in [0.5, 0.6) is 5.75 Å². The number of rotatable bonds is 7. The summed E-state index contributed by atoms with van der Waals surface area (Å²) in [6, 6.07) is 7.41. The van der Waals surface area contributed by atoms with Crippen LogP contribution in [-0.2, 0) is 6.54 Å². The monoisotopic (exact) mass is 436 g/mol. The van der Waals surface area contributed by atoms with E-state index in [-0.39, 0.29) is 48.6 Å². The summed E-state index contributed by atoms with van der Waals surface area (Å²) in [6.45, 7) is 6.10. The van der Waals surface area contributed by atoms with E-state index in [1.165, 1.54) is 18.2 Å². The van der Waals surface area contributed by atoms with Gasteiger partial charge in [-0.1, -0.05) is 25.1 Å². The zero-order chi connectivity index (χ0) is 21.3. The molecule has 0 bridgehead atoms. The molecule has 0 radical (unpaired) electrons. The van der Waals surface area contributed by atoms with Crippen molar-refractivity contribution in [1.82, 2.24) is 20.0 Å². The first-order chi connectivity index (χ1) is 14.4. The third kappa shape index (κ3) is 5.48. The number of ether oxygens (including phenoxy) is 1. The number of aromatic nitrogens is 3. The van der Waals surface area contributed by atoms with Gasteiger partial charge in [-0.15, -0.1) is 0 Å². The summed E-state index contributed by atoms with van der Waals surface area (Å²) in [5, 5.41) is 12.9. The quantitative estimate of drug-likeness (QED) is 0.534. The Morgan fingerprint density at radius 2 is 2.13 bits per heavy atom. The Morgan fingerprint density at radius 3 is 2.71 bits per heavy atom. The maximum atomic E-state index is 13.9. The smallest absolute Gasteiger partial charge is 1.00 e. The minimum Gasteiger partial charge on any atom is -1.00 e. The van der Waals surface area contributed by atoms with Gasteiger partial charge in [0.05, 0.1) is 24.0 Å². The third-order valence-electron chi connectivity index (χ3n) is 4.82. The van der Waals surface area contributed by atoms with E-state index in [1.54, 1.807) is 18.3 Å². The van der Waals surface area contributed by atoms with Crippen molar-refractivity contribution in [3.63, 3.8) is 0 Å². The van der Waals surface area contributed by atoms with Gasteiger partial charge < -0.3 is 15.8 Å². The van der Waals surface area contributed by atoms with Gasteiger partial charge in [0.25, 0.3) is 0 Å². The Hall–Kier alpha value is -2.33. The molecule has 1 aromatic carbocycles. The molecule has 1 fully saturated rings. The molecule has 0 spiro atoms. The molecular formula is C21H22FN4NaO4. The fourth-order valence-corrected chi connectivity index (χ4v) is 3.15. The third-order valence-corrected chi connectivity index (χ3v) is 4.82. The van der Waals surface area contributed by atoms with Gasteiger partial charge >= 0.3 is 35.5 Å². The number of carboxylic acid groups (broad SMARTS) is 1. The number of hydrogen-bond donors (Lipinski definition) is 1. The van der Waals surface area contributed by atoms with Crippen molar-refractivity contribution >= 4 is 5.97 Å². The molecule has 0 aliphatic carbocycles. The second kappa shape index (κ2) is 9.86. The van der Waals surface area contributed by atoms with Crippen LogP contribution in [0.2, 0.25) is 0 Å². The molecular weight excluding hydrogens is 414 g/mol. The van der Waals surface area contributed by atoms with Crippen LogP contribution in [0.4, 0.5) is 4.39 Å². The fourth-order valence-electron chi connectivity index (χ4n) is 3.15. The molecule has 31 heavy (non-hydrogen) atoms. The minimum absolute atomic E-state index is 0. The first-order valence-corrected chi connectivity index (χ1v) is 9.60.